The third-order valence-electron chi connectivity index (χ3n) is 5.15. The topological polar surface area (TPSA) is 70.9 Å². The Morgan fingerprint density at radius 1 is 0.880 bits per heavy atom. The quantitative estimate of drug-likeness (QED) is 0.828. The smallest absolute Gasteiger partial charge is 0.129 e. The second-order valence-corrected chi connectivity index (χ2v) is 6.79. The van der Waals surface area contributed by atoms with Crippen LogP contribution in [0, 0.1) is 11.8 Å². The highest BCUT2D eigenvalue weighted by Gasteiger charge is 2.51. The van der Waals surface area contributed by atoms with Gasteiger partial charge in [-0.15, -0.1) is 0 Å². The van der Waals surface area contributed by atoms with Crippen LogP contribution in [0.25, 0.3) is 0 Å². The number of nitrogens with zero attached hydrogens (tertiary/aromatic N) is 2. The Balaban J connectivity index is 1.42. The van der Waals surface area contributed by atoms with Crippen LogP contribution in [0.3, 0.4) is 0 Å². The molecule has 7 heteroatoms. The zero-order valence-electron chi connectivity index (χ0n) is 13.7. The van der Waals surface area contributed by atoms with E-state index in [4.69, 9.17) is 23.9 Å². The summed E-state index contributed by atoms with van der Waals surface area (Å²) in [4.78, 5) is 10.6. The molecule has 0 bridgehead atoms. The van der Waals surface area contributed by atoms with E-state index in [2.05, 4.69) is 10.3 Å². The Hall–Kier alpha value is -1.96. The molecule has 4 heterocycles. The van der Waals surface area contributed by atoms with Gasteiger partial charge in [-0.1, -0.05) is 40.6 Å². The van der Waals surface area contributed by atoms with Gasteiger partial charge in [0.15, 0.2) is 0 Å². The van der Waals surface area contributed by atoms with Gasteiger partial charge in [0.25, 0.3) is 0 Å². The van der Waals surface area contributed by atoms with Crippen molar-refractivity contribution in [3.63, 3.8) is 0 Å². The Bertz CT molecular complexity index is 692. The lowest BCUT2D eigenvalue weighted by molar-refractivity contribution is -0.115. The summed E-state index contributed by atoms with van der Waals surface area (Å²) < 4.78 is 18.5. The second-order valence-electron chi connectivity index (χ2n) is 6.79. The van der Waals surface area contributed by atoms with Gasteiger partial charge in [-0.2, -0.15) is 0 Å². The second kappa shape index (κ2) is 6.40. The molecule has 0 aliphatic carbocycles. The monoisotopic (exact) mass is 344 g/mol. The molecule has 132 valence electrons. The van der Waals surface area contributed by atoms with E-state index in [1.165, 1.54) is 0 Å². The first-order valence-electron chi connectivity index (χ1n) is 8.68. The average molecular weight is 344 g/mol. The lowest BCUT2D eigenvalue weighted by atomic mass is 9.89. The van der Waals surface area contributed by atoms with E-state index in [-0.39, 0.29) is 30.1 Å². The summed E-state index contributed by atoms with van der Waals surface area (Å²) >= 11 is 0. The van der Waals surface area contributed by atoms with Crippen molar-refractivity contribution in [1.82, 2.24) is 0 Å². The first-order chi connectivity index (χ1) is 12.4. The average Bonchev–Trinajstić information content (AvgIpc) is 3.28. The van der Waals surface area contributed by atoms with Crippen LogP contribution in [0.1, 0.15) is 5.56 Å². The summed E-state index contributed by atoms with van der Waals surface area (Å²) in [5.41, 5.74) is 2.92. The first kappa shape index (κ1) is 15.3. The van der Waals surface area contributed by atoms with Crippen LogP contribution in [0.5, 0.6) is 0 Å². The molecule has 0 aromatic heterocycles. The standard InChI is InChI=1S/C18H20N2O5/c1-2-4-11(5-3-1)6-21-16-14-12(9-24-19-14)7-22-17-15-13(10-25-20-15)8-23-18(16)17/h1-5,12-13,16-18H,6-10H2/t12-,13-,16+,17-,18-/m1/s1. The number of hydrogen-bond acceptors (Lipinski definition) is 7. The molecule has 0 spiro atoms. The highest BCUT2D eigenvalue weighted by molar-refractivity contribution is 5.97. The summed E-state index contributed by atoms with van der Waals surface area (Å²) in [7, 11) is 0. The van der Waals surface area contributed by atoms with E-state index in [0.29, 0.717) is 33.0 Å². The van der Waals surface area contributed by atoms with E-state index in [1.807, 2.05) is 30.3 Å². The fraction of sp³-hybridized carbons (Fsp3) is 0.556. The van der Waals surface area contributed by atoms with Gasteiger partial charge < -0.3 is 23.9 Å². The minimum Gasteiger partial charge on any atom is -0.395 e. The van der Waals surface area contributed by atoms with Crippen LogP contribution >= 0.6 is 0 Å². The zero-order valence-corrected chi connectivity index (χ0v) is 13.7. The summed E-state index contributed by atoms with van der Waals surface area (Å²) in [5.74, 6) is 0.267. The normalized spacial score (nSPS) is 36.1. The predicted molar refractivity (Wildman–Crippen MR) is 88.3 cm³/mol. The number of oxime groups is 2. The molecule has 0 amide bonds. The molecular weight excluding hydrogens is 324 g/mol. The molecule has 0 unspecified atom stereocenters. The molecular formula is C18H20N2O5. The van der Waals surface area contributed by atoms with E-state index in [9.17, 15) is 0 Å². The first-order valence-corrected chi connectivity index (χ1v) is 8.68. The molecule has 0 saturated carbocycles. The Morgan fingerprint density at radius 3 is 2.44 bits per heavy atom. The molecule has 4 aliphatic heterocycles. The van der Waals surface area contributed by atoms with E-state index in [0.717, 1.165) is 17.0 Å². The maximum atomic E-state index is 6.27. The van der Waals surface area contributed by atoms with Crippen LogP contribution in [0.4, 0.5) is 0 Å². The molecule has 4 aliphatic rings. The van der Waals surface area contributed by atoms with Crippen molar-refractivity contribution in [2.75, 3.05) is 26.4 Å². The molecule has 2 fully saturated rings. The summed E-state index contributed by atoms with van der Waals surface area (Å²) in [6.45, 7) is 2.65. The van der Waals surface area contributed by atoms with Crippen molar-refractivity contribution < 1.29 is 23.9 Å². The van der Waals surface area contributed by atoms with Crippen LogP contribution < -0.4 is 0 Å². The molecule has 5 rings (SSSR count). The highest BCUT2D eigenvalue weighted by atomic mass is 16.7. The predicted octanol–water partition coefficient (Wildman–Crippen LogP) is 1.37. The fourth-order valence-corrected chi connectivity index (χ4v) is 3.80. The van der Waals surface area contributed by atoms with Crippen molar-refractivity contribution in [3.8, 4) is 0 Å². The SMILES string of the molecule is c1ccc(CO[C@H]2C3=NOC[C@H]3CO[C@@H]3C4=NOC[C@H]4CO[C@@H]32)cc1. The van der Waals surface area contributed by atoms with E-state index in [1.54, 1.807) is 0 Å². The van der Waals surface area contributed by atoms with Gasteiger partial charge >= 0.3 is 0 Å². The lowest BCUT2D eigenvalue weighted by Gasteiger charge is -2.36. The number of benzene rings is 1. The maximum Gasteiger partial charge on any atom is 0.129 e. The molecule has 1 aromatic carbocycles. The number of ether oxygens (including phenoxy) is 3. The minimum atomic E-state index is -0.315. The van der Waals surface area contributed by atoms with Gasteiger partial charge in [-0.25, -0.2) is 0 Å². The molecule has 7 nitrogen and oxygen atoms in total. The van der Waals surface area contributed by atoms with E-state index < -0.39 is 0 Å². The molecule has 0 radical (unpaired) electrons. The summed E-state index contributed by atoms with van der Waals surface area (Å²) in [5, 5.41) is 8.46. The summed E-state index contributed by atoms with van der Waals surface area (Å²) in [6, 6.07) is 10.1. The van der Waals surface area contributed by atoms with Crippen molar-refractivity contribution >= 4 is 11.4 Å². The lowest BCUT2D eigenvalue weighted by Crippen LogP contribution is -2.54. The molecule has 1 aromatic rings. The third kappa shape index (κ3) is 2.72. The van der Waals surface area contributed by atoms with Gasteiger partial charge in [-0.3, -0.25) is 0 Å². The molecule has 0 N–H and O–H groups in total. The molecule has 25 heavy (non-hydrogen) atoms. The fourth-order valence-electron chi connectivity index (χ4n) is 3.80. The van der Waals surface area contributed by atoms with Crippen LogP contribution in [0.2, 0.25) is 0 Å². The van der Waals surface area contributed by atoms with Gasteiger partial charge in [0.05, 0.1) is 43.1 Å². The van der Waals surface area contributed by atoms with Crippen LogP contribution in [-0.2, 0) is 30.5 Å². The Morgan fingerprint density at radius 2 is 1.60 bits per heavy atom. The maximum absolute atomic E-state index is 6.27. The van der Waals surface area contributed by atoms with Crippen molar-refractivity contribution in [1.29, 1.82) is 0 Å². The van der Waals surface area contributed by atoms with Crippen molar-refractivity contribution in [2.45, 2.75) is 24.9 Å². The molecule has 5 atom stereocenters. The highest BCUT2D eigenvalue weighted by Crippen LogP contribution is 2.33. The number of fused-ring (bicyclic) bond motifs is 4. The van der Waals surface area contributed by atoms with Crippen LogP contribution in [-0.4, -0.2) is 56.2 Å². The van der Waals surface area contributed by atoms with E-state index >= 15 is 0 Å². The Kier molecular flexibility index (Phi) is 3.92. The Labute approximate surface area is 145 Å². The third-order valence-corrected chi connectivity index (χ3v) is 5.15. The van der Waals surface area contributed by atoms with Crippen molar-refractivity contribution in [3.05, 3.63) is 35.9 Å². The number of hydrogen-bond donors (Lipinski definition) is 0. The summed E-state index contributed by atoms with van der Waals surface area (Å²) in [6.07, 6.45) is -0.856. The van der Waals surface area contributed by atoms with Gasteiger partial charge in [-0.05, 0) is 5.56 Å². The van der Waals surface area contributed by atoms with Crippen molar-refractivity contribution in [2.24, 2.45) is 22.1 Å². The molecule has 2 saturated heterocycles. The minimum absolute atomic E-state index is 0.0938. The van der Waals surface area contributed by atoms with Gasteiger partial charge in [0, 0.05) is 0 Å². The largest absolute Gasteiger partial charge is 0.395 e. The zero-order chi connectivity index (χ0) is 16.6. The van der Waals surface area contributed by atoms with Gasteiger partial charge in [0.1, 0.15) is 31.5 Å². The van der Waals surface area contributed by atoms with Crippen LogP contribution in [0.15, 0.2) is 40.6 Å². The number of rotatable bonds is 3. The van der Waals surface area contributed by atoms with Gasteiger partial charge in [0.2, 0.25) is 0 Å².